The second-order valence-corrected chi connectivity index (χ2v) is 7.07. The number of thiazole rings is 1. The standard InChI is InChI=1S/C17H14N4O2S2/c1-23-13-4-2-11(3-5-13)19-17-20-12(9-25-17)8-21-10-18-15-14(16(21)22)6-7-24-15/h2-7,9-10H,8H2,1H3,(H,19,20). The van der Waals surface area contributed by atoms with Gasteiger partial charge in [-0.25, -0.2) is 9.97 Å². The summed E-state index contributed by atoms with van der Waals surface area (Å²) in [7, 11) is 1.64. The fourth-order valence-electron chi connectivity index (χ4n) is 2.42. The van der Waals surface area contributed by atoms with Gasteiger partial charge in [0.05, 0.1) is 31.1 Å². The van der Waals surface area contributed by atoms with Crippen LogP contribution in [0, 0.1) is 0 Å². The zero-order chi connectivity index (χ0) is 17.2. The van der Waals surface area contributed by atoms with Gasteiger partial charge in [-0.3, -0.25) is 9.36 Å². The van der Waals surface area contributed by atoms with Gasteiger partial charge in [0.1, 0.15) is 10.6 Å². The Balaban J connectivity index is 1.52. The molecular weight excluding hydrogens is 356 g/mol. The third-order valence-corrected chi connectivity index (χ3v) is 5.30. The van der Waals surface area contributed by atoms with Gasteiger partial charge in [0, 0.05) is 11.1 Å². The minimum Gasteiger partial charge on any atom is -0.497 e. The molecule has 126 valence electrons. The number of thiophene rings is 1. The van der Waals surface area contributed by atoms with Gasteiger partial charge in [-0.05, 0) is 35.7 Å². The highest BCUT2D eigenvalue weighted by Gasteiger charge is 2.08. The minimum atomic E-state index is -0.0380. The van der Waals surface area contributed by atoms with E-state index in [0.717, 1.165) is 27.1 Å². The third-order valence-electron chi connectivity index (χ3n) is 3.68. The normalized spacial score (nSPS) is 10.9. The molecule has 4 aromatic rings. The van der Waals surface area contributed by atoms with Crippen LogP contribution in [0.5, 0.6) is 5.75 Å². The van der Waals surface area contributed by atoms with Crippen LogP contribution >= 0.6 is 22.7 Å². The molecule has 1 aromatic carbocycles. The Morgan fingerprint density at radius 3 is 2.84 bits per heavy atom. The van der Waals surface area contributed by atoms with Gasteiger partial charge >= 0.3 is 0 Å². The number of nitrogens with zero attached hydrogens (tertiary/aromatic N) is 3. The molecule has 3 aromatic heterocycles. The van der Waals surface area contributed by atoms with Crippen molar-refractivity contribution >= 4 is 43.7 Å². The number of nitrogens with one attached hydrogen (secondary N) is 1. The number of rotatable bonds is 5. The molecule has 3 heterocycles. The Hall–Kier alpha value is -2.71. The highest BCUT2D eigenvalue weighted by molar-refractivity contribution is 7.16. The van der Waals surface area contributed by atoms with Crippen LogP contribution in [-0.2, 0) is 6.54 Å². The molecule has 0 aliphatic carbocycles. The van der Waals surface area contributed by atoms with Crippen molar-refractivity contribution in [1.29, 1.82) is 0 Å². The van der Waals surface area contributed by atoms with Gasteiger partial charge in [-0.2, -0.15) is 0 Å². The third kappa shape index (κ3) is 3.26. The van der Waals surface area contributed by atoms with Crippen LogP contribution in [0.4, 0.5) is 10.8 Å². The number of anilines is 2. The van der Waals surface area contributed by atoms with Crippen molar-refractivity contribution in [3.05, 3.63) is 63.5 Å². The molecule has 0 bridgehead atoms. The number of hydrogen-bond donors (Lipinski definition) is 1. The first-order chi connectivity index (χ1) is 12.2. The summed E-state index contributed by atoms with van der Waals surface area (Å²) in [4.78, 5) is 22.1. The summed E-state index contributed by atoms with van der Waals surface area (Å²) >= 11 is 2.97. The summed E-state index contributed by atoms with van der Waals surface area (Å²) in [5.41, 5.74) is 1.71. The topological polar surface area (TPSA) is 69.0 Å². The fraction of sp³-hybridized carbons (Fsp3) is 0.118. The number of methoxy groups -OCH3 is 1. The predicted octanol–water partition coefficient (Wildman–Crippen LogP) is 3.72. The van der Waals surface area contributed by atoms with Crippen molar-refractivity contribution in [2.75, 3.05) is 12.4 Å². The van der Waals surface area contributed by atoms with Crippen molar-refractivity contribution in [2.45, 2.75) is 6.54 Å². The molecular formula is C17H14N4O2S2. The van der Waals surface area contributed by atoms with Gasteiger partial charge in [-0.1, -0.05) is 0 Å². The van der Waals surface area contributed by atoms with Gasteiger partial charge in [0.2, 0.25) is 0 Å². The largest absolute Gasteiger partial charge is 0.497 e. The molecule has 0 saturated heterocycles. The first kappa shape index (κ1) is 15.8. The summed E-state index contributed by atoms with van der Waals surface area (Å²) in [5, 5.41) is 8.50. The molecule has 8 heteroatoms. The summed E-state index contributed by atoms with van der Waals surface area (Å²) in [6, 6.07) is 9.44. The van der Waals surface area contributed by atoms with E-state index in [1.807, 2.05) is 41.1 Å². The van der Waals surface area contributed by atoms with Crippen LogP contribution in [0.3, 0.4) is 0 Å². The average Bonchev–Trinajstić information content (AvgIpc) is 3.28. The number of ether oxygens (including phenoxy) is 1. The highest BCUT2D eigenvalue weighted by Crippen LogP contribution is 2.23. The van der Waals surface area contributed by atoms with E-state index in [-0.39, 0.29) is 5.56 Å². The minimum absolute atomic E-state index is 0.0380. The van der Waals surface area contributed by atoms with Crippen molar-refractivity contribution in [3.63, 3.8) is 0 Å². The molecule has 0 fully saturated rings. The van der Waals surface area contributed by atoms with Crippen molar-refractivity contribution in [2.24, 2.45) is 0 Å². The van der Waals surface area contributed by atoms with Crippen molar-refractivity contribution < 1.29 is 4.74 Å². The molecule has 0 unspecified atom stereocenters. The zero-order valence-electron chi connectivity index (χ0n) is 13.3. The molecule has 0 saturated carbocycles. The summed E-state index contributed by atoms with van der Waals surface area (Å²) in [6.45, 7) is 0.401. The SMILES string of the molecule is COc1ccc(Nc2nc(Cn3cnc4sccc4c3=O)cs2)cc1. The van der Waals surface area contributed by atoms with E-state index in [0.29, 0.717) is 11.9 Å². The van der Waals surface area contributed by atoms with Crippen LogP contribution in [0.25, 0.3) is 10.2 Å². The second kappa shape index (κ2) is 6.66. The maximum absolute atomic E-state index is 12.4. The average molecular weight is 370 g/mol. The number of fused-ring (bicyclic) bond motifs is 1. The predicted molar refractivity (Wildman–Crippen MR) is 101 cm³/mol. The van der Waals surface area contributed by atoms with Crippen LogP contribution in [0.15, 0.2) is 52.2 Å². The van der Waals surface area contributed by atoms with E-state index in [1.54, 1.807) is 18.0 Å². The van der Waals surface area contributed by atoms with E-state index < -0.39 is 0 Å². The molecule has 0 amide bonds. The Morgan fingerprint density at radius 1 is 1.20 bits per heavy atom. The number of benzene rings is 1. The van der Waals surface area contributed by atoms with Gasteiger partial charge in [0.15, 0.2) is 5.13 Å². The lowest BCUT2D eigenvalue weighted by molar-refractivity contribution is 0.415. The van der Waals surface area contributed by atoms with Gasteiger partial charge in [-0.15, -0.1) is 22.7 Å². The van der Waals surface area contributed by atoms with Crippen LogP contribution in [-0.4, -0.2) is 21.6 Å². The maximum atomic E-state index is 12.4. The van der Waals surface area contributed by atoms with Gasteiger partial charge < -0.3 is 10.1 Å². The molecule has 0 spiro atoms. The lowest BCUT2D eigenvalue weighted by Gasteiger charge is -2.04. The Kier molecular flexibility index (Phi) is 4.21. The highest BCUT2D eigenvalue weighted by atomic mass is 32.1. The monoisotopic (exact) mass is 370 g/mol. The molecule has 0 aliphatic heterocycles. The number of aromatic nitrogens is 3. The van der Waals surface area contributed by atoms with Crippen molar-refractivity contribution in [3.8, 4) is 5.75 Å². The van der Waals surface area contributed by atoms with Crippen molar-refractivity contribution in [1.82, 2.24) is 14.5 Å². The van der Waals surface area contributed by atoms with E-state index in [4.69, 9.17) is 4.74 Å². The molecule has 1 N–H and O–H groups in total. The second-order valence-electron chi connectivity index (χ2n) is 5.31. The van der Waals surface area contributed by atoms with Crippen LogP contribution < -0.4 is 15.6 Å². The Morgan fingerprint density at radius 2 is 2.04 bits per heavy atom. The Labute approximate surface area is 151 Å². The quantitative estimate of drug-likeness (QED) is 0.580. The molecule has 4 rings (SSSR count). The number of hydrogen-bond acceptors (Lipinski definition) is 7. The zero-order valence-corrected chi connectivity index (χ0v) is 14.9. The van der Waals surface area contributed by atoms with E-state index in [2.05, 4.69) is 15.3 Å². The van der Waals surface area contributed by atoms with Crippen LogP contribution in [0.1, 0.15) is 5.69 Å². The first-order valence-electron chi connectivity index (χ1n) is 7.51. The lowest BCUT2D eigenvalue weighted by atomic mass is 10.3. The summed E-state index contributed by atoms with van der Waals surface area (Å²) in [6.07, 6.45) is 1.58. The molecule has 6 nitrogen and oxygen atoms in total. The molecule has 0 aliphatic rings. The van der Waals surface area contributed by atoms with E-state index >= 15 is 0 Å². The maximum Gasteiger partial charge on any atom is 0.262 e. The summed E-state index contributed by atoms with van der Waals surface area (Å²) < 4.78 is 6.73. The first-order valence-corrected chi connectivity index (χ1v) is 9.27. The smallest absolute Gasteiger partial charge is 0.262 e. The van der Waals surface area contributed by atoms with Crippen LogP contribution in [0.2, 0.25) is 0 Å². The fourth-order valence-corrected chi connectivity index (χ4v) is 3.86. The van der Waals surface area contributed by atoms with E-state index in [9.17, 15) is 4.79 Å². The molecule has 0 radical (unpaired) electrons. The Bertz CT molecular complexity index is 1070. The molecule has 0 atom stereocenters. The van der Waals surface area contributed by atoms with Gasteiger partial charge in [0.25, 0.3) is 5.56 Å². The molecule has 25 heavy (non-hydrogen) atoms. The van der Waals surface area contributed by atoms with E-state index in [1.165, 1.54) is 22.7 Å². The lowest BCUT2D eigenvalue weighted by Crippen LogP contribution is -2.20. The summed E-state index contributed by atoms with van der Waals surface area (Å²) in [5.74, 6) is 0.807.